The van der Waals surface area contributed by atoms with E-state index in [0.29, 0.717) is 28.8 Å². The van der Waals surface area contributed by atoms with Gasteiger partial charge in [0.15, 0.2) is 5.78 Å². The van der Waals surface area contributed by atoms with Crippen molar-refractivity contribution in [1.29, 1.82) is 0 Å². The number of benzene rings is 1. The number of hydrogen-bond donors (Lipinski definition) is 1. The zero-order chi connectivity index (χ0) is 13.0. The maximum absolute atomic E-state index is 12.0. The van der Waals surface area contributed by atoms with E-state index >= 15 is 0 Å². The molecule has 1 atom stereocenters. The second kappa shape index (κ2) is 6.21. The van der Waals surface area contributed by atoms with Crippen LogP contribution in [0.5, 0.6) is 0 Å². The number of carbonyl (C=O) groups is 1. The van der Waals surface area contributed by atoms with E-state index in [2.05, 4.69) is 0 Å². The van der Waals surface area contributed by atoms with Crippen LogP contribution in [0.1, 0.15) is 42.5 Å². The van der Waals surface area contributed by atoms with Crippen molar-refractivity contribution in [3.05, 3.63) is 28.8 Å². The Kier molecular flexibility index (Phi) is 4.61. The topological polar surface area (TPSA) is 52.3 Å². The van der Waals surface area contributed by atoms with Crippen LogP contribution in [0.25, 0.3) is 0 Å². The van der Waals surface area contributed by atoms with Crippen LogP contribution in [0.3, 0.4) is 0 Å². The van der Waals surface area contributed by atoms with Crippen LogP contribution in [0.15, 0.2) is 18.2 Å². The van der Waals surface area contributed by atoms with Crippen LogP contribution in [0.2, 0.25) is 5.02 Å². The number of Topliss-reactive ketones (excluding diaryl/α,β-unsaturated/α-hetero) is 1. The number of hydrogen-bond acceptors (Lipinski definition) is 3. The second-order valence-electron chi connectivity index (χ2n) is 4.72. The number of anilines is 1. The summed E-state index contributed by atoms with van der Waals surface area (Å²) in [6, 6.07) is 5.00. The molecule has 2 N–H and O–H groups in total. The molecule has 2 rings (SSSR count). The molecule has 0 amide bonds. The van der Waals surface area contributed by atoms with E-state index in [9.17, 15) is 4.79 Å². The standard InChI is InChI=1S/C14H18ClNO2/c15-11-7-10(8-12(16)9-11)14(17)5-1-3-13-4-2-6-18-13/h7-9,13H,1-6,16H2. The van der Waals surface area contributed by atoms with Crippen LogP contribution in [-0.4, -0.2) is 18.5 Å². The van der Waals surface area contributed by atoms with E-state index in [1.54, 1.807) is 18.2 Å². The molecule has 1 fully saturated rings. The molecule has 1 aromatic carbocycles. The summed E-state index contributed by atoms with van der Waals surface area (Å²) in [6.07, 6.45) is 4.96. The number of ketones is 1. The van der Waals surface area contributed by atoms with Crippen molar-refractivity contribution in [2.24, 2.45) is 0 Å². The van der Waals surface area contributed by atoms with Gasteiger partial charge in [-0.15, -0.1) is 0 Å². The zero-order valence-electron chi connectivity index (χ0n) is 10.3. The van der Waals surface area contributed by atoms with E-state index < -0.39 is 0 Å². The van der Waals surface area contributed by atoms with Crippen LogP contribution in [-0.2, 0) is 4.74 Å². The summed E-state index contributed by atoms with van der Waals surface area (Å²) in [7, 11) is 0. The third-order valence-corrected chi connectivity index (χ3v) is 3.41. The highest BCUT2D eigenvalue weighted by Gasteiger charge is 2.16. The van der Waals surface area contributed by atoms with Crippen molar-refractivity contribution >= 4 is 23.1 Å². The average molecular weight is 268 g/mol. The Morgan fingerprint density at radius 3 is 2.94 bits per heavy atom. The molecule has 0 aromatic heterocycles. The van der Waals surface area contributed by atoms with Crippen molar-refractivity contribution in [2.75, 3.05) is 12.3 Å². The van der Waals surface area contributed by atoms with Gasteiger partial charge in [-0.3, -0.25) is 4.79 Å². The number of rotatable bonds is 5. The molecule has 3 nitrogen and oxygen atoms in total. The first-order chi connectivity index (χ1) is 8.65. The van der Waals surface area contributed by atoms with Gasteiger partial charge >= 0.3 is 0 Å². The summed E-state index contributed by atoms with van der Waals surface area (Å²) in [6.45, 7) is 0.865. The quantitative estimate of drug-likeness (QED) is 0.657. The van der Waals surface area contributed by atoms with Gasteiger partial charge < -0.3 is 10.5 Å². The average Bonchev–Trinajstić information content (AvgIpc) is 2.80. The van der Waals surface area contributed by atoms with Crippen molar-refractivity contribution in [3.8, 4) is 0 Å². The Hall–Kier alpha value is -1.06. The van der Waals surface area contributed by atoms with Gasteiger partial charge in [-0.2, -0.15) is 0 Å². The minimum atomic E-state index is 0.0993. The molecular weight excluding hydrogens is 250 g/mol. The van der Waals surface area contributed by atoms with Gasteiger partial charge in [0, 0.05) is 29.3 Å². The molecule has 1 heterocycles. The molecule has 1 unspecified atom stereocenters. The number of nitrogen functional groups attached to an aromatic ring is 1. The number of halogens is 1. The van der Waals surface area contributed by atoms with E-state index in [-0.39, 0.29) is 5.78 Å². The largest absolute Gasteiger partial charge is 0.399 e. The third kappa shape index (κ3) is 3.72. The lowest BCUT2D eigenvalue weighted by atomic mass is 10.0. The molecule has 0 spiro atoms. The normalized spacial score (nSPS) is 19.1. The van der Waals surface area contributed by atoms with Crippen LogP contribution in [0.4, 0.5) is 5.69 Å². The van der Waals surface area contributed by atoms with Gasteiger partial charge in [0.1, 0.15) is 0 Å². The second-order valence-corrected chi connectivity index (χ2v) is 5.16. The molecule has 1 aromatic rings. The Morgan fingerprint density at radius 1 is 1.44 bits per heavy atom. The Bertz CT molecular complexity index is 408. The molecule has 1 aliphatic rings. The molecule has 98 valence electrons. The fraction of sp³-hybridized carbons (Fsp3) is 0.500. The monoisotopic (exact) mass is 267 g/mol. The molecule has 1 saturated heterocycles. The number of ether oxygens (including phenoxy) is 1. The van der Waals surface area contributed by atoms with E-state index in [4.69, 9.17) is 22.1 Å². The molecule has 4 heteroatoms. The molecule has 0 aliphatic carbocycles. The number of carbonyl (C=O) groups excluding carboxylic acids is 1. The molecule has 1 aliphatic heterocycles. The van der Waals surface area contributed by atoms with Crippen molar-refractivity contribution in [3.63, 3.8) is 0 Å². The molecule has 0 saturated carbocycles. The van der Waals surface area contributed by atoms with Crippen molar-refractivity contribution in [2.45, 2.75) is 38.2 Å². The lowest BCUT2D eigenvalue weighted by Gasteiger charge is -2.08. The van der Waals surface area contributed by atoms with E-state index in [1.165, 1.54) is 0 Å². The van der Waals surface area contributed by atoms with Crippen molar-refractivity contribution < 1.29 is 9.53 Å². The Balaban J connectivity index is 1.83. The highest BCUT2D eigenvalue weighted by molar-refractivity contribution is 6.31. The lowest BCUT2D eigenvalue weighted by Crippen LogP contribution is -2.07. The van der Waals surface area contributed by atoms with Gasteiger partial charge in [0.05, 0.1) is 6.10 Å². The SMILES string of the molecule is Nc1cc(Cl)cc(C(=O)CCCC2CCCO2)c1. The van der Waals surface area contributed by atoms with Gasteiger partial charge in [-0.25, -0.2) is 0 Å². The minimum absolute atomic E-state index is 0.0993. The van der Waals surface area contributed by atoms with E-state index in [1.807, 2.05) is 0 Å². The maximum Gasteiger partial charge on any atom is 0.163 e. The first-order valence-corrected chi connectivity index (χ1v) is 6.74. The molecule has 0 radical (unpaired) electrons. The first-order valence-electron chi connectivity index (χ1n) is 6.36. The van der Waals surface area contributed by atoms with Gasteiger partial charge in [-0.05, 0) is 43.9 Å². The first kappa shape index (κ1) is 13.4. The lowest BCUT2D eigenvalue weighted by molar-refractivity contribution is 0.0923. The maximum atomic E-state index is 12.0. The zero-order valence-corrected chi connectivity index (χ0v) is 11.1. The smallest absolute Gasteiger partial charge is 0.163 e. The highest BCUT2D eigenvalue weighted by atomic mass is 35.5. The molecule has 18 heavy (non-hydrogen) atoms. The molecular formula is C14H18ClNO2. The summed E-state index contributed by atoms with van der Waals surface area (Å²) >= 11 is 5.88. The Morgan fingerprint density at radius 2 is 2.28 bits per heavy atom. The summed E-state index contributed by atoms with van der Waals surface area (Å²) in [5, 5.41) is 0.512. The van der Waals surface area contributed by atoms with Gasteiger partial charge in [0.25, 0.3) is 0 Å². The fourth-order valence-corrected chi connectivity index (χ4v) is 2.52. The van der Waals surface area contributed by atoms with Crippen molar-refractivity contribution in [1.82, 2.24) is 0 Å². The summed E-state index contributed by atoms with van der Waals surface area (Å²) in [5.41, 5.74) is 6.81. The predicted octanol–water partition coefficient (Wildman–Crippen LogP) is 3.45. The van der Waals surface area contributed by atoms with E-state index in [0.717, 1.165) is 32.3 Å². The minimum Gasteiger partial charge on any atom is -0.399 e. The van der Waals surface area contributed by atoms with Crippen LogP contribution < -0.4 is 5.73 Å². The summed E-state index contributed by atoms with van der Waals surface area (Å²) < 4.78 is 5.53. The van der Waals surface area contributed by atoms with Crippen LogP contribution in [0, 0.1) is 0 Å². The number of nitrogens with two attached hydrogens (primary N) is 1. The van der Waals surface area contributed by atoms with Gasteiger partial charge in [-0.1, -0.05) is 11.6 Å². The van der Waals surface area contributed by atoms with Gasteiger partial charge in [0.2, 0.25) is 0 Å². The summed E-state index contributed by atoms with van der Waals surface area (Å²) in [5.74, 6) is 0.0993. The fourth-order valence-electron chi connectivity index (χ4n) is 2.28. The molecule has 0 bridgehead atoms. The summed E-state index contributed by atoms with van der Waals surface area (Å²) in [4.78, 5) is 12.0. The Labute approximate surface area is 112 Å². The predicted molar refractivity (Wildman–Crippen MR) is 73.0 cm³/mol. The highest BCUT2D eigenvalue weighted by Crippen LogP contribution is 2.21. The third-order valence-electron chi connectivity index (χ3n) is 3.20. The van der Waals surface area contributed by atoms with Crippen LogP contribution >= 0.6 is 11.6 Å².